The maximum Gasteiger partial charge on any atom is 0.273 e. The van der Waals surface area contributed by atoms with Crippen molar-refractivity contribution in [1.82, 2.24) is 10.5 Å². The third-order valence-corrected chi connectivity index (χ3v) is 4.06. The Kier molecular flexibility index (Phi) is 4.42. The lowest BCUT2D eigenvalue weighted by Crippen LogP contribution is -2.36. The van der Waals surface area contributed by atoms with Crippen molar-refractivity contribution in [2.24, 2.45) is 0 Å². The maximum atomic E-state index is 12.2. The van der Waals surface area contributed by atoms with Gasteiger partial charge in [0, 0.05) is 17.7 Å². The smallest absolute Gasteiger partial charge is 0.273 e. The number of benzene rings is 1. The summed E-state index contributed by atoms with van der Waals surface area (Å²) in [6, 6.07) is 9.39. The summed E-state index contributed by atoms with van der Waals surface area (Å²) in [4.78, 5) is 12.2. The molecule has 22 heavy (non-hydrogen) atoms. The van der Waals surface area contributed by atoms with E-state index in [0.29, 0.717) is 11.5 Å². The van der Waals surface area contributed by atoms with Crippen molar-refractivity contribution in [1.29, 1.82) is 0 Å². The van der Waals surface area contributed by atoms with E-state index in [-0.39, 0.29) is 11.9 Å². The van der Waals surface area contributed by atoms with Crippen molar-refractivity contribution in [2.45, 2.75) is 38.1 Å². The van der Waals surface area contributed by atoms with Gasteiger partial charge in [0.15, 0.2) is 11.5 Å². The lowest BCUT2D eigenvalue weighted by molar-refractivity contribution is 0.0918. The van der Waals surface area contributed by atoms with E-state index < -0.39 is 0 Å². The highest BCUT2D eigenvalue weighted by Gasteiger charge is 2.19. The average molecular weight is 300 g/mol. The molecule has 1 heterocycles. The molecule has 0 atom stereocenters. The zero-order valence-electron chi connectivity index (χ0n) is 12.7. The summed E-state index contributed by atoms with van der Waals surface area (Å²) in [7, 11) is 1.62. The number of hydrogen-bond donors (Lipinski definition) is 1. The minimum Gasteiger partial charge on any atom is -0.497 e. The van der Waals surface area contributed by atoms with Crippen LogP contribution in [0.5, 0.6) is 5.75 Å². The third-order valence-electron chi connectivity index (χ3n) is 4.06. The van der Waals surface area contributed by atoms with Gasteiger partial charge in [0.1, 0.15) is 5.75 Å². The minimum absolute atomic E-state index is 0.157. The first-order chi connectivity index (χ1) is 10.8. The molecular weight excluding hydrogens is 280 g/mol. The van der Waals surface area contributed by atoms with Crippen LogP contribution < -0.4 is 10.1 Å². The number of amides is 1. The van der Waals surface area contributed by atoms with E-state index in [1.54, 1.807) is 13.2 Å². The number of ether oxygens (including phenoxy) is 1. The Bertz CT molecular complexity index is 628. The molecule has 1 aromatic carbocycles. The Morgan fingerprint density at radius 1 is 1.23 bits per heavy atom. The molecule has 116 valence electrons. The fraction of sp³-hybridized carbons (Fsp3) is 0.412. The monoisotopic (exact) mass is 300 g/mol. The van der Waals surface area contributed by atoms with Gasteiger partial charge in [-0.05, 0) is 37.1 Å². The molecule has 5 nitrogen and oxygen atoms in total. The molecule has 3 rings (SSSR count). The molecule has 1 saturated carbocycles. The van der Waals surface area contributed by atoms with Crippen molar-refractivity contribution in [2.75, 3.05) is 7.11 Å². The zero-order chi connectivity index (χ0) is 15.4. The van der Waals surface area contributed by atoms with E-state index in [4.69, 9.17) is 9.26 Å². The Labute approximate surface area is 129 Å². The first-order valence-electron chi connectivity index (χ1n) is 7.68. The number of methoxy groups -OCH3 is 1. The van der Waals surface area contributed by atoms with Crippen LogP contribution in [0.15, 0.2) is 34.9 Å². The molecular formula is C17H20N2O3. The second-order valence-electron chi connectivity index (χ2n) is 5.61. The molecule has 0 saturated heterocycles. The SMILES string of the molecule is COc1ccc(-c2cc(C(=O)NC3CCCCC3)no2)cc1. The van der Waals surface area contributed by atoms with Gasteiger partial charge in [-0.2, -0.15) is 0 Å². The molecule has 1 aliphatic carbocycles. The summed E-state index contributed by atoms with van der Waals surface area (Å²) >= 11 is 0. The summed E-state index contributed by atoms with van der Waals surface area (Å²) in [5.41, 5.74) is 1.20. The molecule has 1 N–H and O–H groups in total. The van der Waals surface area contributed by atoms with Crippen molar-refractivity contribution in [3.63, 3.8) is 0 Å². The molecule has 0 spiro atoms. The molecule has 2 aromatic rings. The topological polar surface area (TPSA) is 64.4 Å². The number of rotatable bonds is 4. The molecule has 1 fully saturated rings. The minimum atomic E-state index is -0.157. The fourth-order valence-corrected chi connectivity index (χ4v) is 2.78. The van der Waals surface area contributed by atoms with Gasteiger partial charge < -0.3 is 14.6 Å². The first-order valence-corrected chi connectivity index (χ1v) is 7.68. The van der Waals surface area contributed by atoms with Gasteiger partial charge >= 0.3 is 0 Å². The molecule has 0 bridgehead atoms. The number of aromatic nitrogens is 1. The summed E-state index contributed by atoms with van der Waals surface area (Å²) < 4.78 is 10.4. The van der Waals surface area contributed by atoms with Crippen LogP contribution in [-0.2, 0) is 0 Å². The summed E-state index contributed by atoms with van der Waals surface area (Å²) in [6.07, 6.45) is 5.73. The Hall–Kier alpha value is -2.30. The van der Waals surface area contributed by atoms with Gasteiger partial charge in [0.2, 0.25) is 0 Å². The van der Waals surface area contributed by atoms with E-state index in [1.165, 1.54) is 19.3 Å². The number of carbonyl (C=O) groups excluding carboxylic acids is 1. The highest BCUT2D eigenvalue weighted by molar-refractivity contribution is 5.93. The second-order valence-corrected chi connectivity index (χ2v) is 5.61. The van der Waals surface area contributed by atoms with Crippen molar-refractivity contribution in [3.05, 3.63) is 36.0 Å². The molecule has 0 radical (unpaired) electrons. The Morgan fingerprint density at radius 3 is 2.64 bits per heavy atom. The first kappa shape index (κ1) is 14.6. The molecule has 1 aromatic heterocycles. The molecule has 5 heteroatoms. The van der Waals surface area contributed by atoms with Crippen LogP contribution in [0.2, 0.25) is 0 Å². The van der Waals surface area contributed by atoms with Gasteiger partial charge in [-0.25, -0.2) is 0 Å². The van der Waals surface area contributed by atoms with Crippen LogP contribution in [0.1, 0.15) is 42.6 Å². The number of nitrogens with one attached hydrogen (secondary N) is 1. The van der Waals surface area contributed by atoms with Gasteiger partial charge in [-0.1, -0.05) is 24.4 Å². The van der Waals surface area contributed by atoms with E-state index in [2.05, 4.69) is 10.5 Å². The lowest BCUT2D eigenvalue weighted by atomic mass is 9.95. The standard InChI is InChI=1S/C17H20N2O3/c1-21-14-9-7-12(8-10-14)16-11-15(19-22-16)17(20)18-13-5-3-2-4-6-13/h7-11,13H,2-6H2,1H3,(H,18,20). The predicted molar refractivity (Wildman–Crippen MR) is 82.8 cm³/mol. The van der Waals surface area contributed by atoms with Crippen molar-refractivity contribution >= 4 is 5.91 Å². The third kappa shape index (κ3) is 3.30. The molecule has 1 amide bonds. The number of carbonyl (C=O) groups is 1. The van der Waals surface area contributed by atoms with Crippen LogP contribution in [0, 0.1) is 0 Å². The zero-order valence-corrected chi connectivity index (χ0v) is 12.7. The van der Waals surface area contributed by atoms with Gasteiger partial charge in [-0.3, -0.25) is 4.79 Å². The molecule has 1 aliphatic rings. The maximum absolute atomic E-state index is 12.2. The van der Waals surface area contributed by atoms with E-state index in [1.807, 2.05) is 24.3 Å². The Balaban J connectivity index is 1.68. The Morgan fingerprint density at radius 2 is 1.95 bits per heavy atom. The summed E-state index contributed by atoms with van der Waals surface area (Å²) in [6.45, 7) is 0. The molecule has 0 unspecified atom stereocenters. The largest absolute Gasteiger partial charge is 0.497 e. The normalized spacial score (nSPS) is 15.5. The number of nitrogens with zero attached hydrogens (tertiary/aromatic N) is 1. The highest BCUT2D eigenvalue weighted by Crippen LogP contribution is 2.23. The van der Waals surface area contributed by atoms with E-state index in [0.717, 1.165) is 24.2 Å². The summed E-state index contributed by atoms with van der Waals surface area (Å²) in [5, 5.41) is 6.92. The average Bonchev–Trinajstić information content (AvgIpc) is 3.06. The molecule has 0 aliphatic heterocycles. The van der Waals surface area contributed by atoms with E-state index in [9.17, 15) is 4.79 Å². The number of hydrogen-bond acceptors (Lipinski definition) is 4. The van der Waals surface area contributed by atoms with Crippen LogP contribution in [0.3, 0.4) is 0 Å². The van der Waals surface area contributed by atoms with Crippen LogP contribution in [0.25, 0.3) is 11.3 Å². The van der Waals surface area contributed by atoms with Crippen molar-refractivity contribution < 1.29 is 14.1 Å². The lowest BCUT2D eigenvalue weighted by Gasteiger charge is -2.22. The van der Waals surface area contributed by atoms with Gasteiger partial charge in [0.05, 0.1) is 7.11 Å². The quantitative estimate of drug-likeness (QED) is 0.939. The predicted octanol–water partition coefficient (Wildman–Crippen LogP) is 3.41. The van der Waals surface area contributed by atoms with Crippen LogP contribution in [0.4, 0.5) is 0 Å². The van der Waals surface area contributed by atoms with Gasteiger partial charge in [0.25, 0.3) is 5.91 Å². The van der Waals surface area contributed by atoms with Crippen molar-refractivity contribution in [3.8, 4) is 17.1 Å². The van der Waals surface area contributed by atoms with Crippen LogP contribution in [-0.4, -0.2) is 24.2 Å². The fourth-order valence-electron chi connectivity index (χ4n) is 2.78. The summed E-state index contributed by atoms with van der Waals surface area (Å²) in [5.74, 6) is 1.20. The second kappa shape index (κ2) is 6.64. The highest BCUT2D eigenvalue weighted by atomic mass is 16.5. The van der Waals surface area contributed by atoms with E-state index >= 15 is 0 Å². The van der Waals surface area contributed by atoms with Crippen LogP contribution >= 0.6 is 0 Å². The van der Waals surface area contributed by atoms with Gasteiger partial charge in [-0.15, -0.1) is 0 Å².